The second kappa shape index (κ2) is 5.06. The van der Waals surface area contributed by atoms with Crippen LogP contribution in [0.4, 0.5) is 0 Å². The van der Waals surface area contributed by atoms with E-state index in [9.17, 15) is 0 Å². The van der Waals surface area contributed by atoms with Gasteiger partial charge in [-0.1, -0.05) is 12.8 Å². The van der Waals surface area contributed by atoms with Crippen LogP contribution >= 0.6 is 0 Å². The highest BCUT2D eigenvalue weighted by Crippen LogP contribution is 2.43. The van der Waals surface area contributed by atoms with Crippen LogP contribution in [0, 0.1) is 0 Å². The molecule has 3 nitrogen and oxygen atoms in total. The van der Waals surface area contributed by atoms with Crippen molar-refractivity contribution in [1.82, 2.24) is 9.88 Å². The summed E-state index contributed by atoms with van der Waals surface area (Å²) in [5.41, 5.74) is 1.62. The molecule has 3 rings (SSSR count). The molecule has 1 N–H and O–H groups in total. The van der Waals surface area contributed by atoms with Gasteiger partial charge in [0.05, 0.1) is 11.7 Å². The van der Waals surface area contributed by atoms with E-state index < -0.39 is 0 Å². The van der Waals surface area contributed by atoms with Gasteiger partial charge in [-0.05, 0) is 44.4 Å². The third-order valence-corrected chi connectivity index (χ3v) is 4.46. The summed E-state index contributed by atoms with van der Waals surface area (Å²) >= 11 is 0. The van der Waals surface area contributed by atoms with Gasteiger partial charge in [-0.15, -0.1) is 0 Å². The molecule has 1 atom stereocenters. The van der Waals surface area contributed by atoms with Crippen LogP contribution < -0.4 is 5.32 Å². The van der Waals surface area contributed by atoms with Gasteiger partial charge in [0.2, 0.25) is 0 Å². The maximum Gasteiger partial charge on any atom is 0.0762 e. The molecule has 2 fully saturated rings. The molecule has 3 heteroatoms. The van der Waals surface area contributed by atoms with Crippen molar-refractivity contribution in [2.24, 2.45) is 0 Å². The first kappa shape index (κ1) is 12.2. The van der Waals surface area contributed by atoms with Crippen molar-refractivity contribution in [2.45, 2.75) is 63.3 Å². The highest BCUT2D eigenvalue weighted by atomic mass is 16.5. The van der Waals surface area contributed by atoms with Gasteiger partial charge < -0.3 is 14.6 Å². The van der Waals surface area contributed by atoms with Gasteiger partial charge in [0.25, 0.3) is 0 Å². The highest BCUT2D eigenvalue weighted by molar-refractivity contribution is 5.10. The Morgan fingerprint density at radius 3 is 3.00 bits per heavy atom. The molecule has 100 valence electrons. The third kappa shape index (κ3) is 2.47. The molecule has 18 heavy (non-hydrogen) atoms. The van der Waals surface area contributed by atoms with E-state index in [-0.39, 0.29) is 5.60 Å². The predicted molar refractivity (Wildman–Crippen MR) is 72.5 cm³/mol. The second-order valence-electron chi connectivity index (χ2n) is 5.92. The van der Waals surface area contributed by atoms with Gasteiger partial charge in [-0.25, -0.2) is 0 Å². The first-order valence-corrected chi connectivity index (χ1v) is 7.27. The number of ether oxygens (including phenoxy) is 1. The van der Waals surface area contributed by atoms with Crippen molar-refractivity contribution in [3.05, 3.63) is 24.0 Å². The number of hydrogen-bond acceptors (Lipinski definition) is 2. The number of nitrogens with one attached hydrogen (secondary N) is 1. The zero-order chi connectivity index (χ0) is 12.4. The Hall–Kier alpha value is -0.800. The van der Waals surface area contributed by atoms with Crippen molar-refractivity contribution < 1.29 is 4.74 Å². The molecule has 0 amide bonds. The maximum atomic E-state index is 6.35. The minimum Gasteiger partial charge on any atom is -0.370 e. The van der Waals surface area contributed by atoms with E-state index in [4.69, 9.17) is 4.74 Å². The first-order chi connectivity index (χ1) is 8.80. The molecule has 1 saturated carbocycles. The average molecular weight is 248 g/mol. The van der Waals surface area contributed by atoms with Crippen molar-refractivity contribution in [2.75, 3.05) is 7.05 Å². The van der Waals surface area contributed by atoms with Gasteiger partial charge in [-0.2, -0.15) is 0 Å². The highest BCUT2D eigenvalue weighted by Gasteiger charge is 2.41. The lowest BCUT2D eigenvalue weighted by Crippen LogP contribution is -2.26. The molecule has 1 spiro atoms. The summed E-state index contributed by atoms with van der Waals surface area (Å²) in [5, 5.41) is 3.19. The molecule has 1 unspecified atom stereocenters. The van der Waals surface area contributed by atoms with Crippen LogP contribution in [0.25, 0.3) is 0 Å². The van der Waals surface area contributed by atoms with Gasteiger partial charge in [-0.3, -0.25) is 0 Å². The van der Waals surface area contributed by atoms with Gasteiger partial charge in [0.15, 0.2) is 0 Å². The molecule has 2 heterocycles. The van der Waals surface area contributed by atoms with Crippen LogP contribution in [0.1, 0.15) is 44.1 Å². The number of rotatable bonds is 4. The fourth-order valence-electron chi connectivity index (χ4n) is 3.56. The summed E-state index contributed by atoms with van der Waals surface area (Å²) in [6.45, 7) is 1.97. The van der Waals surface area contributed by atoms with Crippen LogP contribution in [-0.2, 0) is 17.8 Å². The Morgan fingerprint density at radius 1 is 1.39 bits per heavy atom. The lowest BCUT2D eigenvalue weighted by molar-refractivity contribution is -0.0417. The summed E-state index contributed by atoms with van der Waals surface area (Å²) in [6, 6.07) is 2.19. The predicted octanol–water partition coefficient (Wildman–Crippen LogP) is 2.70. The zero-order valence-electron chi connectivity index (χ0n) is 11.3. The minimum absolute atomic E-state index is 0.269. The van der Waals surface area contributed by atoms with E-state index in [1.54, 1.807) is 0 Å². The lowest BCUT2D eigenvalue weighted by Gasteiger charge is -2.24. The standard InChI is InChI=1S/C15H24N2O/c1-16-10-13-5-9-17(11-13)12-14-4-8-15(18-14)6-2-3-7-15/h5,9,11,14,16H,2-4,6-8,10,12H2,1H3. The molecule has 1 aromatic heterocycles. The normalized spacial score (nSPS) is 26.2. The number of hydrogen-bond donors (Lipinski definition) is 1. The molecule has 0 radical (unpaired) electrons. The Bertz CT molecular complexity index is 393. The van der Waals surface area contributed by atoms with Crippen LogP contribution in [0.3, 0.4) is 0 Å². The number of nitrogens with zero attached hydrogens (tertiary/aromatic N) is 1. The van der Waals surface area contributed by atoms with E-state index in [2.05, 4.69) is 28.3 Å². The monoisotopic (exact) mass is 248 g/mol. The molecule has 0 aromatic carbocycles. The maximum absolute atomic E-state index is 6.35. The lowest BCUT2D eigenvalue weighted by atomic mass is 9.98. The fraction of sp³-hybridized carbons (Fsp3) is 0.733. The van der Waals surface area contributed by atoms with Crippen LogP contribution in [0.15, 0.2) is 18.5 Å². The summed E-state index contributed by atoms with van der Waals surface area (Å²) in [4.78, 5) is 0. The Morgan fingerprint density at radius 2 is 2.22 bits per heavy atom. The molecular formula is C15H24N2O. The molecule has 1 aliphatic carbocycles. The van der Waals surface area contributed by atoms with E-state index in [0.717, 1.165) is 13.1 Å². The van der Waals surface area contributed by atoms with Crippen molar-refractivity contribution in [3.63, 3.8) is 0 Å². The topological polar surface area (TPSA) is 26.2 Å². The van der Waals surface area contributed by atoms with Gasteiger partial charge >= 0.3 is 0 Å². The van der Waals surface area contributed by atoms with Gasteiger partial charge in [0.1, 0.15) is 0 Å². The minimum atomic E-state index is 0.269. The molecular weight excluding hydrogens is 224 g/mol. The Labute approximate surface area is 110 Å². The van der Waals surface area contributed by atoms with Crippen LogP contribution in [0.2, 0.25) is 0 Å². The van der Waals surface area contributed by atoms with Gasteiger partial charge in [0, 0.05) is 25.5 Å². The number of aromatic nitrogens is 1. The summed E-state index contributed by atoms with van der Waals surface area (Å²) < 4.78 is 8.63. The SMILES string of the molecule is CNCc1ccn(CC2CCC3(CCCC3)O2)c1. The summed E-state index contributed by atoms with van der Waals surface area (Å²) in [7, 11) is 1.99. The molecule has 1 saturated heterocycles. The smallest absolute Gasteiger partial charge is 0.0762 e. The zero-order valence-corrected chi connectivity index (χ0v) is 11.3. The van der Waals surface area contributed by atoms with E-state index in [1.165, 1.54) is 44.1 Å². The Balaban J connectivity index is 1.56. The largest absolute Gasteiger partial charge is 0.370 e. The quantitative estimate of drug-likeness (QED) is 0.886. The fourth-order valence-corrected chi connectivity index (χ4v) is 3.56. The second-order valence-corrected chi connectivity index (χ2v) is 5.92. The van der Waals surface area contributed by atoms with Crippen molar-refractivity contribution in [1.29, 1.82) is 0 Å². The van der Waals surface area contributed by atoms with Crippen LogP contribution in [0.5, 0.6) is 0 Å². The molecule has 1 aromatic rings. The summed E-state index contributed by atoms with van der Waals surface area (Å²) in [5.74, 6) is 0. The molecule has 2 aliphatic rings. The van der Waals surface area contributed by atoms with E-state index >= 15 is 0 Å². The van der Waals surface area contributed by atoms with Crippen molar-refractivity contribution in [3.8, 4) is 0 Å². The van der Waals surface area contributed by atoms with Crippen molar-refractivity contribution >= 4 is 0 Å². The third-order valence-electron chi connectivity index (χ3n) is 4.46. The van der Waals surface area contributed by atoms with E-state index in [0.29, 0.717) is 6.10 Å². The molecule has 1 aliphatic heterocycles. The Kier molecular flexibility index (Phi) is 3.44. The average Bonchev–Trinajstić information content (AvgIpc) is 3.06. The van der Waals surface area contributed by atoms with E-state index in [1.807, 2.05) is 7.05 Å². The molecule has 0 bridgehead atoms. The van der Waals surface area contributed by atoms with Crippen LogP contribution in [-0.4, -0.2) is 23.3 Å². The summed E-state index contributed by atoms with van der Waals surface area (Å²) in [6.07, 6.45) is 12.7. The first-order valence-electron chi connectivity index (χ1n) is 7.27.